The van der Waals surface area contributed by atoms with E-state index in [4.69, 9.17) is 10.2 Å². The van der Waals surface area contributed by atoms with Crippen molar-refractivity contribution >= 4 is 22.8 Å². The van der Waals surface area contributed by atoms with Crippen LogP contribution in [-0.4, -0.2) is 16.0 Å². The molecule has 0 aliphatic heterocycles. The number of aromatic nitrogens is 2. The van der Waals surface area contributed by atoms with Gasteiger partial charge in [0.25, 0.3) is 0 Å². The molecule has 0 saturated heterocycles. The monoisotopic (exact) mass is 219 g/mol. The summed E-state index contributed by atoms with van der Waals surface area (Å²) >= 11 is 0. The van der Waals surface area contributed by atoms with Crippen LogP contribution in [0, 0.1) is 12.8 Å². The minimum absolute atomic E-state index is 0.104. The Labute approximate surface area is 92.0 Å². The summed E-state index contributed by atoms with van der Waals surface area (Å²) in [7, 11) is 0. The molecule has 0 amide bonds. The Bertz CT molecular complexity index is 563. The van der Waals surface area contributed by atoms with E-state index in [0.717, 1.165) is 30.3 Å². The number of hydrogen-bond acceptors (Lipinski definition) is 4. The Balaban J connectivity index is 2.16. The van der Waals surface area contributed by atoms with Gasteiger partial charge in [0.1, 0.15) is 0 Å². The SMILES string of the molecule is Cc1[nH]nc2oc(N)c(C(=O)C3CCC3)c12. The fourth-order valence-corrected chi connectivity index (χ4v) is 2.17. The van der Waals surface area contributed by atoms with Gasteiger partial charge in [0.15, 0.2) is 5.78 Å². The number of nitrogens with two attached hydrogens (primary N) is 1. The van der Waals surface area contributed by atoms with E-state index >= 15 is 0 Å². The number of Topliss-reactive ketones (excluding diaryl/α,β-unsaturated/α-hetero) is 1. The number of carbonyl (C=O) groups excluding carboxylic acids is 1. The molecule has 1 aliphatic rings. The van der Waals surface area contributed by atoms with Gasteiger partial charge >= 0.3 is 0 Å². The quantitative estimate of drug-likeness (QED) is 0.757. The molecule has 84 valence electrons. The highest BCUT2D eigenvalue weighted by molar-refractivity contribution is 6.12. The van der Waals surface area contributed by atoms with Crippen LogP contribution in [0.1, 0.15) is 35.3 Å². The molecule has 3 N–H and O–H groups in total. The van der Waals surface area contributed by atoms with Gasteiger partial charge < -0.3 is 10.2 Å². The second kappa shape index (κ2) is 3.10. The topological polar surface area (TPSA) is 84.9 Å². The van der Waals surface area contributed by atoms with Crippen LogP contribution in [0.5, 0.6) is 0 Å². The molecule has 2 heterocycles. The molecule has 0 atom stereocenters. The lowest BCUT2D eigenvalue weighted by Crippen LogP contribution is -2.22. The van der Waals surface area contributed by atoms with Crippen molar-refractivity contribution in [1.82, 2.24) is 10.2 Å². The van der Waals surface area contributed by atoms with Gasteiger partial charge in [-0.2, -0.15) is 0 Å². The normalized spacial score (nSPS) is 16.6. The zero-order valence-corrected chi connectivity index (χ0v) is 9.04. The third kappa shape index (κ3) is 1.11. The fraction of sp³-hybridized carbons (Fsp3) is 0.455. The second-order valence-electron chi connectivity index (χ2n) is 4.36. The number of hydrogen-bond donors (Lipinski definition) is 2. The predicted octanol–water partition coefficient (Wildman–Crippen LogP) is 2.03. The highest BCUT2D eigenvalue weighted by Gasteiger charge is 2.31. The lowest BCUT2D eigenvalue weighted by molar-refractivity contribution is 0.0857. The van der Waals surface area contributed by atoms with E-state index in [-0.39, 0.29) is 17.6 Å². The molecule has 0 spiro atoms. The third-order valence-electron chi connectivity index (χ3n) is 3.34. The van der Waals surface area contributed by atoms with Gasteiger partial charge in [-0.05, 0) is 19.8 Å². The van der Waals surface area contributed by atoms with Gasteiger partial charge in [0.05, 0.1) is 10.9 Å². The number of nitrogen functional groups attached to an aromatic ring is 1. The summed E-state index contributed by atoms with van der Waals surface area (Å²) in [4.78, 5) is 12.2. The zero-order chi connectivity index (χ0) is 11.3. The van der Waals surface area contributed by atoms with Crippen molar-refractivity contribution in [3.63, 3.8) is 0 Å². The first-order chi connectivity index (χ1) is 7.68. The fourth-order valence-electron chi connectivity index (χ4n) is 2.17. The molecule has 1 aliphatic carbocycles. The molecular weight excluding hydrogens is 206 g/mol. The summed E-state index contributed by atoms with van der Waals surface area (Å²) in [6.45, 7) is 1.86. The largest absolute Gasteiger partial charge is 0.420 e. The van der Waals surface area contributed by atoms with Gasteiger partial charge in [-0.15, -0.1) is 5.10 Å². The van der Waals surface area contributed by atoms with Crippen molar-refractivity contribution in [3.8, 4) is 0 Å². The van der Waals surface area contributed by atoms with Gasteiger partial charge in [-0.3, -0.25) is 9.89 Å². The summed E-state index contributed by atoms with van der Waals surface area (Å²) in [6, 6.07) is 0. The Morgan fingerprint density at radius 1 is 1.56 bits per heavy atom. The molecule has 5 nitrogen and oxygen atoms in total. The van der Waals surface area contributed by atoms with E-state index in [2.05, 4.69) is 10.2 Å². The summed E-state index contributed by atoms with van der Waals surface area (Å²) < 4.78 is 5.27. The number of nitrogens with one attached hydrogen (secondary N) is 1. The molecule has 1 saturated carbocycles. The van der Waals surface area contributed by atoms with Crippen LogP contribution in [0.2, 0.25) is 0 Å². The second-order valence-corrected chi connectivity index (χ2v) is 4.36. The number of furan rings is 1. The maximum atomic E-state index is 12.2. The molecule has 5 heteroatoms. The van der Waals surface area contributed by atoms with E-state index in [1.807, 2.05) is 6.92 Å². The highest BCUT2D eigenvalue weighted by Crippen LogP contribution is 2.36. The summed E-state index contributed by atoms with van der Waals surface area (Å²) in [5.41, 5.74) is 7.52. The van der Waals surface area contributed by atoms with E-state index in [1.165, 1.54) is 0 Å². The molecule has 1 fully saturated rings. The Kier molecular flexibility index (Phi) is 1.83. The highest BCUT2D eigenvalue weighted by atomic mass is 16.4. The van der Waals surface area contributed by atoms with Gasteiger partial charge in [0.2, 0.25) is 11.6 Å². The van der Waals surface area contributed by atoms with Crippen molar-refractivity contribution in [3.05, 3.63) is 11.3 Å². The predicted molar refractivity (Wildman–Crippen MR) is 59.2 cm³/mol. The summed E-state index contributed by atoms with van der Waals surface area (Å²) in [5.74, 6) is 0.427. The number of carbonyl (C=O) groups is 1. The van der Waals surface area contributed by atoms with Gasteiger partial charge in [0, 0.05) is 11.6 Å². The Hall–Kier alpha value is -1.78. The standard InChI is InChI=1S/C11H13N3O2/c1-5-7-8(9(15)6-3-2-4-6)10(12)16-11(7)14-13-5/h6H,2-4,12H2,1H3,(H,13,14). The maximum Gasteiger partial charge on any atom is 0.248 e. The molecule has 2 aromatic heterocycles. The first-order valence-corrected chi connectivity index (χ1v) is 5.45. The first-order valence-electron chi connectivity index (χ1n) is 5.45. The van der Waals surface area contributed by atoms with Gasteiger partial charge in [-0.25, -0.2) is 0 Å². The Morgan fingerprint density at radius 2 is 2.31 bits per heavy atom. The molecular formula is C11H13N3O2. The molecule has 0 bridgehead atoms. The van der Waals surface area contributed by atoms with Crippen LogP contribution in [0.15, 0.2) is 4.42 Å². The number of aromatic amines is 1. The number of H-pyrrole nitrogens is 1. The molecule has 2 aromatic rings. The lowest BCUT2D eigenvalue weighted by Gasteiger charge is -2.23. The zero-order valence-electron chi connectivity index (χ0n) is 9.04. The van der Waals surface area contributed by atoms with Crippen LogP contribution >= 0.6 is 0 Å². The minimum Gasteiger partial charge on any atom is -0.420 e. The van der Waals surface area contributed by atoms with E-state index in [9.17, 15) is 4.79 Å². The van der Waals surface area contributed by atoms with Crippen LogP contribution in [0.3, 0.4) is 0 Å². The average molecular weight is 219 g/mol. The minimum atomic E-state index is 0.104. The smallest absolute Gasteiger partial charge is 0.248 e. The molecule has 0 radical (unpaired) electrons. The van der Waals surface area contributed by atoms with Crippen molar-refractivity contribution in [2.75, 3.05) is 5.73 Å². The first kappa shape index (κ1) is 9.45. The average Bonchev–Trinajstić information content (AvgIpc) is 2.63. The van der Waals surface area contributed by atoms with E-state index in [0.29, 0.717) is 11.3 Å². The van der Waals surface area contributed by atoms with Crippen LogP contribution in [-0.2, 0) is 0 Å². The summed E-state index contributed by atoms with van der Waals surface area (Å²) in [6.07, 6.45) is 3.05. The maximum absolute atomic E-state index is 12.2. The molecule has 0 unspecified atom stereocenters. The van der Waals surface area contributed by atoms with Crippen molar-refractivity contribution < 1.29 is 9.21 Å². The number of aryl methyl sites for hydroxylation is 1. The van der Waals surface area contributed by atoms with Crippen LogP contribution in [0.25, 0.3) is 11.1 Å². The lowest BCUT2D eigenvalue weighted by atomic mass is 9.80. The number of rotatable bonds is 2. The molecule has 16 heavy (non-hydrogen) atoms. The molecule has 0 aromatic carbocycles. The van der Waals surface area contributed by atoms with Crippen molar-refractivity contribution in [2.45, 2.75) is 26.2 Å². The third-order valence-corrected chi connectivity index (χ3v) is 3.34. The Morgan fingerprint density at radius 3 is 2.94 bits per heavy atom. The van der Waals surface area contributed by atoms with Crippen LogP contribution < -0.4 is 5.73 Å². The number of anilines is 1. The molecule has 3 rings (SSSR count). The van der Waals surface area contributed by atoms with E-state index in [1.54, 1.807) is 0 Å². The van der Waals surface area contributed by atoms with Crippen LogP contribution in [0.4, 0.5) is 5.88 Å². The van der Waals surface area contributed by atoms with E-state index < -0.39 is 0 Å². The van der Waals surface area contributed by atoms with Gasteiger partial charge in [-0.1, -0.05) is 6.42 Å². The number of fused-ring (bicyclic) bond motifs is 1. The van der Waals surface area contributed by atoms with Crippen molar-refractivity contribution in [2.24, 2.45) is 5.92 Å². The number of nitrogens with zero attached hydrogens (tertiary/aromatic N) is 1. The summed E-state index contributed by atoms with van der Waals surface area (Å²) in [5, 5.41) is 7.51. The van der Waals surface area contributed by atoms with Crippen molar-refractivity contribution in [1.29, 1.82) is 0 Å². The number of ketones is 1.